The molecule has 140 valence electrons. The first-order chi connectivity index (χ1) is 12.3. The topological polar surface area (TPSA) is 58.2 Å². The van der Waals surface area contributed by atoms with Crippen LogP contribution >= 0.6 is 15.9 Å². The molecule has 2 N–H and O–H groups in total. The van der Waals surface area contributed by atoms with Gasteiger partial charge in [-0.25, -0.2) is 4.39 Å². The van der Waals surface area contributed by atoms with Gasteiger partial charge >= 0.3 is 0 Å². The molecule has 0 radical (unpaired) electrons. The number of benzene rings is 1. The van der Waals surface area contributed by atoms with Crippen molar-refractivity contribution >= 4 is 27.7 Å². The van der Waals surface area contributed by atoms with E-state index in [1.54, 1.807) is 12.1 Å². The Labute approximate surface area is 161 Å². The molecule has 2 amide bonds. The zero-order valence-corrected chi connectivity index (χ0v) is 16.3. The molecule has 2 atom stereocenters. The molecule has 1 aromatic rings. The highest BCUT2D eigenvalue weighted by atomic mass is 79.9. The van der Waals surface area contributed by atoms with Crippen molar-refractivity contribution in [1.82, 2.24) is 10.9 Å². The largest absolute Gasteiger partial charge is 0.273 e. The van der Waals surface area contributed by atoms with Crippen LogP contribution in [-0.2, 0) is 16.0 Å². The lowest BCUT2D eigenvalue weighted by atomic mass is 9.48. The molecule has 0 saturated heterocycles. The summed E-state index contributed by atoms with van der Waals surface area (Å²) in [6.45, 7) is 0. The van der Waals surface area contributed by atoms with Crippen molar-refractivity contribution in [2.75, 3.05) is 0 Å². The molecular formula is C20H24BrFN2O2. The quantitative estimate of drug-likeness (QED) is 0.574. The minimum Gasteiger partial charge on any atom is -0.273 e. The first kappa shape index (κ1) is 18.0. The van der Waals surface area contributed by atoms with Gasteiger partial charge in [-0.15, -0.1) is 0 Å². The smallest absolute Gasteiger partial charge is 0.242 e. The van der Waals surface area contributed by atoms with E-state index in [4.69, 9.17) is 0 Å². The summed E-state index contributed by atoms with van der Waals surface area (Å²) >= 11 is 3.96. The SMILES string of the molecule is O=C(Cc1ccc(F)cc1)NNC(=O)CC12CC3CC(CC(Br)(C3)C1)C2. The molecule has 4 saturated carbocycles. The van der Waals surface area contributed by atoms with Gasteiger partial charge in [0.15, 0.2) is 0 Å². The summed E-state index contributed by atoms with van der Waals surface area (Å²) < 4.78 is 13.1. The second kappa shape index (κ2) is 6.63. The summed E-state index contributed by atoms with van der Waals surface area (Å²) in [6, 6.07) is 5.79. The summed E-state index contributed by atoms with van der Waals surface area (Å²) in [5.41, 5.74) is 5.86. The second-order valence-corrected chi connectivity index (χ2v) is 10.4. The van der Waals surface area contributed by atoms with Crippen LogP contribution in [0.15, 0.2) is 24.3 Å². The average molecular weight is 423 g/mol. The molecule has 0 heterocycles. The molecule has 0 aliphatic heterocycles. The van der Waals surface area contributed by atoms with Gasteiger partial charge in [-0.2, -0.15) is 0 Å². The Morgan fingerprint density at radius 3 is 2.27 bits per heavy atom. The van der Waals surface area contributed by atoms with Gasteiger partial charge in [-0.05, 0) is 73.5 Å². The maximum Gasteiger partial charge on any atom is 0.242 e. The predicted molar refractivity (Wildman–Crippen MR) is 99.8 cm³/mol. The van der Waals surface area contributed by atoms with Gasteiger partial charge in [-0.1, -0.05) is 28.1 Å². The number of rotatable bonds is 4. The Bertz CT molecular complexity index is 707. The molecule has 0 spiro atoms. The van der Waals surface area contributed by atoms with Crippen LogP contribution in [0, 0.1) is 23.1 Å². The van der Waals surface area contributed by atoms with Gasteiger partial charge in [0.05, 0.1) is 6.42 Å². The molecule has 4 fully saturated rings. The third-order valence-corrected chi connectivity index (χ3v) is 7.19. The molecule has 1 aromatic carbocycles. The number of hydrogen-bond acceptors (Lipinski definition) is 2. The fourth-order valence-corrected chi connectivity index (χ4v) is 7.41. The van der Waals surface area contributed by atoms with Crippen LogP contribution in [0.4, 0.5) is 4.39 Å². The number of alkyl halides is 1. The van der Waals surface area contributed by atoms with Gasteiger partial charge in [-0.3, -0.25) is 20.4 Å². The Morgan fingerprint density at radius 1 is 1.04 bits per heavy atom. The van der Waals surface area contributed by atoms with Crippen LogP contribution in [0.3, 0.4) is 0 Å². The highest BCUT2D eigenvalue weighted by Gasteiger charge is 2.57. The number of carbonyl (C=O) groups excluding carboxylic acids is 2. The molecule has 2 unspecified atom stereocenters. The summed E-state index contributed by atoms with van der Waals surface area (Å²) in [6.07, 6.45) is 7.70. The predicted octanol–water partition coefficient (Wildman–Crippen LogP) is 3.64. The summed E-state index contributed by atoms with van der Waals surface area (Å²) in [7, 11) is 0. The summed E-state index contributed by atoms with van der Waals surface area (Å²) in [4.78, 5) is 24.4. The van der Waals surface area contributed by atoms with Gasteiger partial charge < -0.3 is 0 Å². The zero-order valence-electron chi connectivity index (χ0n) is 14.7. The third-order valence-electron chi connectivity index (χ3n) is 6.27. The Balaban J connectivity index is 1.29. The van der Waals surface area contributed by atoms with Crippen molar-refractivity contribution in [2.24, 2.45) is 17.3 Å². The number of nitrogens with one attached hydrogen (secondary N) is 2. The Hall–Kier alpha value is -1.43. The molecule has 4 nitrogen and oxygen atoms in total. The highest BCUT2D eigenvalue weighted by Crippen LogP contribution is 2.65. The maximum absolute atomic E-state index is 12.9. The van der Waals surface area contributed by atoms with Crippen LogP contribution in [-0.4, -0.2) is 16.1 Å². The standard InChI is InChI=1S/C20H24BrFN2O2/c21-20-9-14-5-15(10-20)8-19(7-14,12-20)11-18(26)24-23-17(25)6-13-1-3-16(22)4-2-13/h1-4,14-15H,5-12H2,(H,23,25)(H,24,26). The van der Waals surface area contributed by atoms with E-state index >= 15 is 0 Å². The van der Waals surface area contributed by atoms with Crippen molar-refractivity contribution < 1.29 is 14.0 Å². The van der Waals surface area contributed by atoms with E-state index in [2.05, 4.69) is 26.8 Å². The molecule has 4 aliphatic rings. The first-order valence-corrected chi connectivity index (χ1v) is 10.1. The lowest BCUT2D eigenvalue weighted by molar-refractivity contribution is -0.133. The molecule has 0 aromatic heterocycles. The normalized spacial score (nSPS) is 34.5. The van der Waals surface area contributed by atoms with Gasteiger partial charge in [0.25, 0.3) is 0 Å². The lowest BCUT2D eigenvalue weighted by Crippen LogP contribution is -2.54. The van der Waals surface area contributed by atoms with E-state index in [0.29, 0.717) is 12.0 Å². The van der Waals surface area contributed by atoms with E-state index in [-0.39, 0.29) is 33.8 Å². The summed E-state index contributed by atoms with van der Waals surface area (Å²) in [5, 5.41) is 0. The minimum atomic E-state index is -0.331. The lowest BCUT2D eigenvalue weighted by Gasteiger charge is -2.60. The zero-order chi connectivity index (χ0) is 18.4. The second-order valence-electron chi connectivity index (χ2n) is 8.69. The van der Waals surface area contributed by atoms with Gasteiger partial charge in [0.1, 0.15) is 5.82 Å². The third kappa shape index (κ3) is 3.80. The fourth-order valence-electron chi connectivity index (χ4n) is 5.90. The Kier molecular flexibility index (Phi) is 4.58. The molecule has 4 bridgehead atoms. The van der Waals surface area contributed by atoms with Crippen LogP contribution in [0.1, 0.15) is 50.5 Å². The van der Waals surface area contributed by atoms with Crippen molar-refractivity contribution in [3.8, 4) is 0 Å². The molecule has 5 rings (SSSR count). The Morgan fingerprint density at radius 2 is 1.65 bits per heavy atom. The molecule has 4 aliphatic carbocycles. The van der Waals surface area contributed by atoms with Crippen molar-refractivity contribution in [3.05, 3.63) is 35.6 Å². The van der Waals surface area contributed by atoms with Crippen molar-refractivity contribution in [3.63, 3.8) is 0 Å². The fraction of sp³-hybridized carbons (Fsp3) is 0.600. The number of carbonyl (C=O) groups is 2. The van der Waals surface area contributed by atoms with Crippen LogP contribution < -0.4 is 10.9 Å². The van der Waals surface area contributed by atoms with E-state index in [9.17, 15) is 14.0 Å². The average Bonchev–Trinajstić information content (AvgIpc) is 2.52. The van der Waals surface area contributed by atoms with E-state index in [1.165, 1.54) is 31.4 Å². The summed E-state index contributed by atoms with van der Waals surface area (Å²) in [5.74, 6) is 0.721. The monoisotopic (exact) mass is 422 g/mol. The number of halogens is 2. The number of amides is 2. The minimum absolute atomic E-state index is 0.0827. The van der Waals surface area contributed by atoms with E-state index in [0.717, 1.165) is 31.1 Å². The van der Waals surface area contributed by atoms with Crippen LogP contribution in [0.2, 0.25) is 0 Å². The van der Waals surface area contributed by atoms with Gasteiger partial charge in [0.2, 0.25) is 11.8 Å². The molecule has 26 heavy (non-hydrogen) atoms. The molecule has 6 heteroatoms. The van der Waals surface area contributed by atoms with Gasteiger partial charge in [0, 0.05) is 10.7 Å². The van der Waals surface area contributed by atoms with Crippen molar-refractivity contribution in [1.29, 1.82) is 0 Å². The number of hydrazine groups is 1. The van der Waals surface area contributed by atoms with Crippen LogP contribution in [0.25, 0.3) is 0 Å². The molecular weight excluding hydrogens is 399 g/mol. The van der Waals surface area contributed by atoms with E-state index < -0.39 is 0 Å². The number of hydrogen-bond donors (Lipinski definition) is 2. The van der Waals surface area contributed by atoms with E-state index in [1.807, 2.05) is 0 Å². The highest BCUT2D eigenvalue weighted by molar-refractivity contribution is 9.10. The first-order valence-electron chi connectivity index (χ1n) is 9.34. The van der Waals surface area contributed by atoms with Crippen LogP contribution in [0.5, 0.6) is 0 Å². The maximum atomic E-state index is 12.9. The van der Waals surface area contributed by atoms with Crippen molar-refractivity contribution in [2.45, 2.75) is 55.7 Å².